The van der Waals surface area contributed by atoms with Gasteiger partial charge >= 0.3 is 0 Å². The number of halogens is 1. The number of nitrogens with zero attached hydrogens (tertiary/aromatic N) is 2. The minimum absolute atomic E-state index is 0.186. The van der Waals surface area contributed by atoms with E-state index in [1.165, 1.54) is 13.4 Å². The number of anilines is 3. The highest BCUT2D eigenvalue weighted by molar-refractivity contribution is 6.31. The molecule has 0 aliphatic heterocycles. The standard InChI is InChI=1S/C20H19ClN4O3/c1-12-4-6-17(27-2)14(8-12)24-19-10-16(22-11-23-19)20(26)25-15-9-13(21)5-7-18(15)28-3/h4-11H,1-3H3,(H,25,26)(H,22,23,24). The van der Waals surface area contributed by atoms with Crippen LogP contribution in [0.4, 0.5) is 17.2 Å². The van der Waals surface area contributed by atoms with Crippen LogP contribution in [0.15, 0.2) is 48.8 Å². The van der Waals surface area contributed by atoms with E-state index in [9.17, 15) is 4.79 Å². The molecular formula is C20H19ClN4O3. The van der Waals surface area contributed by atoms with Crippen LogP contribution >= 0.6 is 11.6 Å². The minimum atomic E-state index is -0.415. The summed E-state index contributed by atoms with van der Waals surface area (Å²) in [4.78, 5) is 20.8. The molecule has 28 heavy (non-hydrogen) atoms. The van der Waals surface area contributed by atoms with E-state index >= 15 is 0 Å². The van der Waals surface area contributed by atoms with Crippen molar-refractivity contribution in [3.63, 3.8) is 0 Å². The number of aromatic nitrogens is 2. The number of carbonyl (C=O) groups is 1. The first-order valence-electron chi connectivity index (χ1n) is 8.38. The van der Waals surface area contributed by atoms with Gasteiger partial charge in [-0.2, -0.15) is 0 Å². The molecule has 0 spiro atoms. The summed E-state index contributed by atoms with van der Waals surface area (Å²) in [6, 6.07) is 12.2. The van der Waals surface area contributed by atoms with Crippen molar-refractivity contribution in [3.05, 3.63) is 65.1 Å². The maximum Gasteiger partial charge on any atom is 0.274 e. The largest absolute Gasteiger partial charge is 0.495 e. The number of hydrogen-bond acceptors (Lipinski definition) is 6. The molecule has 0 aliphatic carbocycles. The second-order valence-electron chi connectivity index (χ2n) is 5.92. The van der Waals surface area contributed by atoms with Crippen LogP contribution in [0.1, 0.15) is 16.1 Å². The van der Waals surface area contributed by atoms with Crippen molar-refractivity contribution in [3.8, 4) is 11.5 Å². The Morgan fingerprint density at radius 1 is 0.964 bits per heavy atom. The molecule has 0 atom stereocenters. The van der Waals surface area contributed by atoms with Gasteiger partial charge in [0.15, 0.2) is 0 Å². The molecular weight excluding hydrogens is 380 g/mol. The van der Waals surface area contributed by atoms with E-state index in [-0.39, 0.29) is 5.69 Å². The maximum absolute atomic E-state index is 12.6. The van der Waals surface area contributed by atoms with Crippen molar-refractivity contribution in [2.24, 2.45) is 0 Å². The topological polar surface area (TPSA) is 85.4 Å². The van der Waals surface area contributed by atoms with Gasteiger partial charge in [-0.05, 0) is 42.8 Å². The molecule has 8 heteroatoms. The van der Waals surface area contributed by atoms with Gasteiger partial charge in [0.1, 0.15) is 29.3 Å². The van der Waals surface area contributed by atoms with Gasteiger partial charge in [-0.25, -0.2) is 9.97 Å². The SMILES string of the molecule is COc1ccc(Cl)cc1NC(=O)c1cc(Nc2cc(C)ccc2OC)ncn1. The summed E-state index contributed by atoms with van der Waals surface area (Å²) in [7, 11) is 3.11. The van der Waals surface area contributed by atoms with Gasteiger partial charge in [0.05, 0.1) is 25.6 Å². The highest BCUT2D eigenvalue weighted by atomic mass is 35.5. The molecule has 2 N–H and O–H groups in total. The number of methoxy groups -OCH3 is 2. The first-order chi connectivity index (χ1) is 13.5. The van der Waals surface area contributed by atoms with Crippen LogP contribution in [-0.4, -0.2) is 30.1 Å². The first-order valence-corrected chi connectivity index (χ1v) is 8.76. The molecule has 1 heterocycles. The Morgan fingerprint density at radius 3 is 2.43 bits per heavy atom. The van der Waals surface area contributed by atoms with Crippen molar-refractivity contribution < 1.29 is 14.3 Å². The Kier molecular flexibility index (Phi) is 5.96. The summed E-state index contributed by atoms with van der Waals surface area (Å²) in [6.07, 6.45) is 1.31. The Labute approximate surface area is 167 Å². The summed E-state index contributed by atoms with van der Waals surface area (Å²) in [5, 5.41) is 6.38. The Balaban J connectivity index is 1.83. The average molecular weight is 399 g/mol. The molecule has 0 saturated heterocycles. The zero-order chi connectivity index (χ0) is 20.1. The smallest absolute Gasteiger partial charge is 0.274 e. The fourth-order valence-electron chi connectivity index (χ4n) is 2.57. The molecule has 0 unspecified atom stereocenters. The first kappa shape index (κ1) is 19.4. The van der Waals surface area contributed by atoms with Gasteiger partial charge in [-0.3, -0.25) is 4.79 Å². The highest BCUT2D eigenvalue weighted by Gasteiger charge is 2.13. The van der Waals surface area contributed by atoms with E-state index in [0.717, 1.165) is 11.3 Å². The van der Waals surface area contributed by atoms with Crippen molar-refractivity contribution in [2.75, 3.05) is 24.9 Å². The van der Waals surface area contributed by atoms with Crippen LogP contribution in [-0.2, 0) is 0 Å². The lowest BCUT2D eigenvalue weighted by atomic mass is 10.2. The molecule has 0 aliphatic rings. The monoisotopic (exact) mass is 398 g/mol. The lowest BCUT2D eigenvalue weighted by molar-refractivity contribution is 0.102. The number of nitrogens with one attached hydrogen (secondary N) is 2. The Bertz CT molecular complexity index is 1010. The van der Waals surface area contributed by atoms with Crippen LogP contribution < -0.4 is 20.1 Å². The molecule has 2 aromatic carbocycles. The van der Waals surface area contributed by atoms with Crippen LogP contribution in [0, 0.1) is 6.92 Å². The van der Waals surface area contributed by atoms with Crippen molar-refractivity contribution >= 4 is 34.7 Å². The molecule has 0 radical (unpaired) electrons. The molecule has 0 saturated carbocycles. The van der Waals surface area contributed by atoms with Crippen molar-refractivity contribution in [1.82, 2.24) is 9.97 Å². The van der Waals surface area contributed by atoms with Gasteiger partial charge < -0.3 is 20.1 Å². The number of hydrogen-bond donors (Lipinski definition) is 2. The van der Waals surface area contributed by atoms with Gasteiger partial charge in [0, 0.05) is 11.1 Å². The second-order valence-corrected chi connectivity index (χ2v) is 6.35. The van der Waals surface area contributed by atoms with E-state index < -0.39 is 5.91 Å². The van der Waals surface area contributed by atoms with Gasteiger partial charge in [-0.15, -0.1) is 0 Å². The third kappa shape index (κ3) is 4.50. The van der Waals surface area contributed by atoms with Crippen LogP contribution in [0.5, 0.6) is 11.5 Å². The van der Waals surface area contributed by atoms with Gasteiger partial charge in [0.2, 0.25) is 0 Å². The molecule has 0 fully saturated rings. The number of rotatable bonds is 6. The van der Waals surface area contributed by atoms with Crippen LogP contribution in [0.2, 0.25) is 5.02 Å². The zero-order valence-electron chi connectivity index (χ0n) is 15.6. The summed E-state index contributed by atoms with van der Waals surface area (Å²) >= 11 is 6.01. The zero-order valence-corrected chi connectivity index (χ0v) is 16.4. The molecule has 3 rings (SSSR count). The van der Waals surface area contributed by atoms with Crippen LogP contribution in [0.3, 0.4) is 0 Å². The highest BCUT2D eigenvalue weighted by Crippen LogP contribution is 2.29. The summed E-state index contributed by atoms with van der Waals surface area (Å²) in [5.41, 5.74) is 2.44. The quantitative estimate of drug-likeness (QED) is 0.638. The van der Waals surface area contributed by atoms with E-state index in [4.69, 9.17) is 21.1 Å². The van der Waals surface area contributed by atoms with Gasteiger partial charge in [0.25, 0.3) is 5.91 Å². The summed E-state index contributed by atoms with van der Waals surface area (Å²) in [6.45, 7) is 1.97. The lowest BCUT2D eigenvalue weighted by Crippen LogP contribution is -2.15. The van der Waals surface area contributed by atoms with E-state index in [1.807, 2.05) is 25.1 Å². The maximum atomic E-state index is 12.6. The molecule has 0 bridgehead atoms. The van der Waals surface area contributed by atoms with E-state index in [0.29, 0.717) is 28.0 Å². The molecule has 144 valence electrons. The van der Waals surface area contributed by atoms with Crippen molar-refractivity contribution in [2.45, 2.75) is 6.92 Å². The Hall–Kier alpha value is -3.32. The summed E-state index contributed by atoms with van der Waals surface area (Å²) in [5.74, 6) is 1.21. The predicted octanol–water partition coefficient (Wildman–Crippen LogP) is 4.45. The minimum Gasteiger partial charge on any atom is -0.495 e. The summed E-state index contributed by atoms with van der Waals surface area (Å²) < 4.78 is 10.6. The molecule has 3 aromatic rings. The number of amides is 1. The second kappa shape index (κ2) is 8.58. The van der Waals surface area contributed by atoms with Crippen LogP contribution in [0.25, 0.3) is 0 Å². The number of benzene rings is 2. The van der Waals surface area contributed by atoms with E-state index in [1.54, 1.807) is 31.4 Å². The Morgan fingerprint density at radius 2 is 1.68 bits per heavy atom. The fraction of sp³-hybridized carbons (Fsp3) is 0.150. The predicted molar refractivity (Wildman–Crippen MR) is 109 cm³/mol. The number of aryl methyl sites for hydroxylation is 1. The third-order valence-corrected chi connectivity index (χ3v) is 4.16. The average Bonchev–Trinajstić information content (AvgIpc) is 2.68. The molecule has 1 amide bonds. The normalized spacial score (nSPS) is 10.3. The molecule has 7 nitrogen and oxygen atoms in total. The third-order valence-electron chi connectivity index (χ3n) is 3.93. The molecule has 1 aromatic heterocycles. The van der Waals surface area contributed by atoms with E-state index in [2.05, 4.69) is 20.6 Å². The fourth-order valence-corrected chi connectivity index (χ4v) is 2.74. The van der Waals surface area contributed by atoms with Gasteiger partial charge in [-0.1, -0.05) is 17.7 Å². The number of carbonyl (C=O) groups excluding carboxylic acids is 1. The number of ether oxygens (including phenoxy) is 2. The van der Waals surface area contributed by atoms with Crippen molar-refractivity contribution in [1.29, 1.82) is 0 Å². The lowest BCUT2D eigenvalue weighted by Gasteiger charge is -2.12.